The molecular weight excluding hydrogens is 224 g/mol. The molecule has 2 rings (SSSR count). The van der Waals surface area contributed by atoms with Crippen LogP contribution in [0, 0.1) is 18.3 Å². The second kappa shape index (κ2) is 5.34. The minimum Gasteiger partial charge on any atom is -0.356 e. The van der Waals surface area contributed by atoms with Gasteiger partial charge in [-0.3, -0.25) is 0 Å². The predicted octanol–water partition coefficient (Wildman–Crippen LogP) is 2.40. The van der Waals surface area contributed by atoms with E-state index >= 15 is 0 Å². The molecule has 4 nitrogen and oxygen atoms in total. The normalized spacial score (nSPS) is 15.7. The minimum atomic E-state index is 0.190. The van der Waals surface area contributed by atoms with Crippen molar-refractivity contribution in [3.05, 3.63) is 17.1 Å². The molecule has 0 saturated heterocycles. The van der Waals surface area contributed by atoms with Crippen LogP contribution in [0.5, 0.6) is 0 Å². The Morgan fingerprint density at radius 1 is 1.33 bits per heavy atom. The first-order valence-electron chi connectivity index (χ1n) is 6.59. The fourth-order valence-electron chi connectivity index (χ4n) is 2.46. The van der Waals surface area contributed by atoms with Crippen molar-refractivity contribution >= 4 is 5.82 Å². The van der Waals surface area contributed by atoms with Crippen LogP contribution in [-0.2, 0) is 12.8 Å². The zero-order valence-corrected chi connectivity index (χ0v) is 11.4. The first-order chi connectivity index (χ1) is 8.63. The van der Waals surface area contributed by atoms with E-state index in [0.717, 1.165) is 24.5 Å². The molecule has 0 aromatic carbocycles. The number of fused-ring (bicyclic) bond motifs is 1. The van der Waals surface area contributed by atoms with E-state index in [9.17, 15) is 0 Å². The number of aromatic nitrogens is 2. The van der Waals surface area contributed by atoms with Crippen molar-refractivity contribution in [2.24, 2.45) is 0 Å². The van der Waals surface area contributed by atoms with Gasteiger partial charge in [-0.15, -0.1) is 0 Å². The van der Waals surface area contributed by atoms with Crippen LogP contribution in [0.2, 0.25) is 0 Å². The smallest absolute Gasteiger partial charge is 0.135 e. The van der Waals surface area contributed by atoms with Crippen molar-refractivity contribution in [1.29, 1.82) is 5.26 Å². The Morgan fingerprint density at radius 3 is 2.78 bits per heavy atom. The van der Waals surface area contributed by atoms with E-state index in [1.54, 1.807) is 0 Å². The van der Waals surface area contributed by atoms with E-state index in [1.165, 1.54) is 24.1 Å². The third-order valence-corrected chi connectivity index (χ3v) is 3.66. The second-order valence-corrected chi connectivity index (χ2v) is 5.05. The van der Waals surface area contributed by atoms with Crippen LogP contribution in [0.3, 0.4) is 0 Å². The molecule has 1 aliphatic carbocycles. The lowest BCUT2D eigenvalue weighted by Gasteiger charge is -2.29. The van der Waals surface area contributed by atoms with E-state index in [2.05, 4.69) is 27.9 Å². The maximum atomic E-state index is 8.82. The highest BCUT2D eigenvalue weighted by atomic mass is 15.2. The summed E-state index contributed by atoms with van der Waals surface area (Å²) < 4.78 is 0. The summed E-state index contributed by atoms with van der Waals surface area (Å²) in [5.74, 6) is 1.86. The third-order valence-electron chi connectivity index (χ3n) is 3.66. The maximum Gasteiger partial charge on any atom is 0.135 e. The van der Waals surface area contributed by atoms with Gasteiger partial charge in [-0.2, -0.15) is 5.26 Å². The number of aryl methyl sites for hydroxylation is 2. The fourth-order valence-corrected chi connectivity index (χ4v) is 2.46. The summed E-state index contributed by atoms with van der Waals surface area (Å²) in [6.45, 7) is 4.01. The van der Waals surface area contributed by atoms with Crippen LogP contribution in [0.15, 0.2) is 0 Å². The monoisotopic (exact) mass is 244 g/mol. The van der Waals surface area contributed by atoms with Crippen molar-refractivity contribution in [1.82, 2.24) is 9.97 Å². The summed E-state index contributed by atoms with van der Waals surface area (Å²) in [6.07, 6.45) is 5.09. The molecule has 0 N–H and O–H groups in total. The topological polar surface area (TPSA) is 52.8 Å². The minimum absolute atomic E-state index is 0.190. The highest BCUT2D eigenvalue weighted by molar-refractivity contribution is 5.50. The van der Waals surface area contributed by atoms with E-state index in [1.807, 2.05) is 14.0 Å². The molecule has 4 heteroatoms. The maximum absolute atomic E-state index is 8.82. The molecule has 1 unspecified atom stereocenters. The zero-order chi connectivity index (χ0) is 13.1. The quantitative estimate of drug-likeness (QED) is 0.819. The van der Waals surface area contributed by atoms with E-state index in [-0.39, 0.29) is 6.04 Å². The van der Waals surface area contributed by atoms with E-state index in [4.69, 9.17) is 5.26 Å². The van der Waals surface area contributed by atoms with Crippen molar-refractivity contribution < 1.29 is 0 Å². The molecule has 0 fully saturated rings. The van der Waals surface area contributed by atoms with Crippen LogP contribution in [-0.4, -0.2) is 23.1 Å². The number of nitrogens with zero attached hydrogens (tertiary/aromatic N) is 4. The number of rotatable bonds is 3. The molecule has 0 radical (unpaired) electrons. The van der Waals surface area contributed by atoms with Crippen molar-refractivity contribution in [3.63, 3.8) is 0 Å². The Kier molecular flexibility index (Phi) is 3.81. The zero-order valence-electron chi connectivity index (χ0n) is 11.4. The third kappa shape index (κ3) is 2.45. The highest BCUT2D eigenvalue weighted by Crippen LogP contribution is 2.28. The molecule has 18 heavy (non-hydrogen) atoms. The summed E-state index contributed by atoms with van der Waals surface area (Å²) in [7, 11) is 2.03. The average Bonchev–Trinajstić information content (AvgIpc) is 2.37. The van der Waals surface area contributed by atoms with Gasteiger partial charge < -0.3 is 4.90 Å². The van der Waals surface area contributed by atoms with Crippen LogP contribution in [0.4, 0.5) is 5.82 Å². The number of nitriles is 1. The van der Waals surface area contributed by atoms with Gasteiger partial charge in [0.05, 0.1) is 12.5 Å². The van der Waals surface area contributed by atoms with Gasteiger partial charge in [0.25, 0.3) is 0 Å². The summed E-state index contributed by atoms with van der Waals surface area (Å²) in [5.41, 5.74) is 2.50. The largest absolute Gasteiger partial charge is 0.356 e. The first-order valence-corrected chi connectivity index (χ1v) is 6.59. The average molecular weight is 244 g/mol. The molecule has 0 bridgehead atoms. The fraction of sp³-hybridized carbons (Fsp3) is 0.643. The molecule has 1 aromatic rings. The SMILES string of the molecule is Cc1nc2c(c(N(C)C(C)CC#N)n1)CCCC2. The van der Waals surface area contributed by atoms with Gasteiger partial charge in [0.1, 0.15) is 11.6 Å². The van der Waals surface area contributed by atoms with E-state index < -0.39 is 0 Å². The van der Waals surface area contributed by atoms with Gasteiger partial charge in [0.2, 0.25) is 0 Å². The van der Waals surface area contributed by atoms with Crippen LogP contribution in [0.1, 0.15) is 43.3 Å². The number of anilines is 1. The summed E-state index contributed by atoms with van der Waals surface area (Å²) in [6, 6.07) is 2.42. The predicted molar refractivity (Wildman–Crippen MR) is 71.5 cm³/mol. The van der Waals surface area contributed by atoms with Gasteiger partial charge in [-0.25, -0.2) is 9.97 Å². The lowest BCUT2D eigenvalue weighted by atomic mass is 9.95. The van der Waals surface area contributed by atoms with Crippen molar-refractivity contribution in [3.8, 4) is 6.07 Å². The molecular formula is C14H20N4. The molecule has 0 aliphatic heterocycles. The van der Waals surface area contributed by atoms with Crippen LogP contribution in [0.25, 0.3) is 0 Å². The van der Waals surface area contributed by atoms with Crippen molar-refractivity contribution in [2.75, 3.05) is 11.9 Å². The van der Waals surface area contributed by atoms with Gasteiger partial charge in [0, 0.05) is 24.3 Å². The van der Waals surface area contributed by atoms with E-state index in [0.29, 0.717) is 6.42 Å². The van der Waals surface area contributed by atoms with Crippen LogP contribution >= 0.6 is 0 Å². The molecule has 0 amide bonds. The summed E-state index contributed by atoms with van der Waals surface area (Å²) >= 11 is 0. The Bertz CT molecular complexity index is 475. The Hall–Kier alpha value is -1.63. The second-order valence-electron chi connectivity index (χ2n) is 5.05. The Morgan fingerprint density at radius 2 is 2.06 bits per heavy atom. The molecule has 0 saturated carbocycles. The molecule has 1 heterocycles. The number of hydrogen-bond donors (Lipinski definition) is 0. The van der Waals surface area contributed by atoms with Gasteiger partial charge in [0.15, 0.2) is 0 Å². The standard InChI is InChI=1S/C14H20N4/c1-10(8-9-15)18(3)14-12-6-4-5-7-13(12)16-11(2)17-14/h10H,4-8H2,1-3H3. The first kappa shape index (κ1) is 12.8. The molecule has 96 valence electrons. The van der Waals surface area contributed by atoms with Crippen LogP contribution < -0.4 is 4.90 Å². The Labute approximate surface area is 109 Å². The van der Waals surface area contributed by atoms with Gasteiger partial charge in [-0.05, 0) is 39.5 Å². The van der Waals surface area contributed by atoms with Gasteiger partial charge in [-0.1, -0.05) is 0 Å². The lowest BCUT2D eigenvalue weighted by Crippen LogP contribution is -2.31. The summed E-state index contributed by atoms with van der Waals surface area (Å²) in [4.78, 5) is 11.3. The molecule has 1 aromatic heterocycles. The number of hydrogen-bond acceptors (Lipinski definition) is 4. The molecule has 1 atom stereocenters. The van der Waals surface area contributed by atoms with Crippen molar-refractivity contribution in [2.45, 2.75) is 52.0 Å². The highest BCUT2D eigenvalue weighted by Gasteiger charge is 2.21. The Balaban J connectivity index is 2.37. The molecule has 1 aliphatic rings. The van der Waals surface area contributed by atoms with Gasteiger partial charge >= 0.3 is 0 Å². The molecule has 0 spiro atoms. The lowest BCUT2D eigenvalue weighted by molar-refractivity contribution is 0.636. The summed E-state index contributed by atoms with van der Waals surface area (Å²) in [5, 5.41) is 8.82.